The highest BCUT2D eigenvalue weighted by Gasteiger charge is 2.25. The summed E-state index contributed by atoms with van der Waals surface area (Å²) in [5.41, 5.74) is 2.74. The Kier molecular flexibility index (Phi) is 4.57. The second kappa shape index (κ2) is 6.79. The maximum atomic E-state index is 13.0. The lowest BCUT2D eigenvalue weighted by Gasteiger charge is -2.33. The number of morpholine rings is 1. The third-order valence-electron chi connectivity index (χ3n) is 3.86. The fraction of sp³-hybridized carbons (Fsp3) is 0.278. The van der Waals surface area contributed by atoms with Gasteiger partial charge in [-0.25, -0.2) is 9.18 Å². The number of hydrogen-bond acceptors (Lipinski definition) is 2. The van der Waals surface area contributed by atoms with Crippen molar-refractivity contribution >= 4 is 11.7 Å². The minimum Gasteiger partial charge on any atom is -0.370 e. The monoisotopic (exact) mass is 314 g/mol. The number of amides is 2. The lowest BCUT2D eigenvalue weighted by atomic mass is 10.1. The van der Waals surface area contributed by atoms with Gasteiger partial charge in [0.25, 0.3) is 0 Å². The average molecular weight is 314 g/mol. The van der Waals surface area contributed by atoms with E-state index in [9.17, 15) is 9.18 Å². The van der Waals surface area contributed by atoms with E-state index in [1.165, 1.54) is 12.1 Å². The van der Waals surface area contributed by atoms with Crippen LogP contribution in [0.5, 0.6) is 0 Å². The molecule has 23 heavy (non-hydrogen) atoms. The maximum Gasteiger partial charge on any atom is 0.322 e. The molecule has 1 fully saturated rings. The number of ether oxygens (including phenoxy) is 1. The molecule has 120 valence electrons. The van der Waals surface area contributed by atoms with Crippen molar-refractivity contribution in [2.24, 2.45) is 0 Å². The number of carbonyl (C=O) groups is 1. The normalized spacial score (nSPS) is 17.8. The van der Waals surface area contributed by atoms with Crippen LogP contribution in [0.3, 0.4) is 0 Å². The van der Waals surface area contributed by atoms with Crippen LogP contribution in [-0.2, 0) is 4.74 Å². The first-order valence-electron chi connectivity index (χ1n) is 7.61. The summed E-state index contributed by atoms with van der Waals surface area (Å²) in [5.74, 6) is -0.279. The zero-order valence-corrected chi connectivity index (χ0v) is 13.0. The van der Waals surface area contributed by atoms with E-state index in [1.54, 1.807) is 17.0 Å². The molecule has 3 rings (SSSR count). The number of anilines is 1. The van der Waals surface area contributed by atoms with Crippen LogP contribution < -0.4 is 5.32 Å². The van der Waals surface area contributed by atoms with Gasteiger partial charge < -0.3 is 15.0 Å². The minimum absolute atomic E-state index is 0.147. The van der Waals surface area contributed by atoms with Gasteiger partial charge in [-0.2, -0.15) is 0 Å². The highest BCUT2D eigenvalue weighted by atomic mass is 19.1. The number of hydrogen-bond donors (Lipinski definition) is 1. The number of nitrogens with zero attached hydrogens (tertiary/aromatic N) is 1. The van der Waals surface area contributed by atoms with Crippen LogP contribution in [0.15, 0.2) is 48.5 Å². The zero-order valence-electron chi connectivity index (χ0n) is 13.0. The Morgan fingerprint density at radius 2 is 2.04 bits per heavy atom. The second-order valence-corrected chi connectivity index (χ2v) is 5.66. The van der Waals surface area contributed by atoms with Gasteiger partial charge in [-0.05, 0) is 42.3 Å². The van der Waals surface area contributed by atoms with Crippen LogP contribution in [0, 0.1) is 12.7 Å². The molecule has 1 N–H and O–H groups in total. The van der Waals surface area contributed by atoms with E-state index >= 15 is 0 Å². The van der Waals surface area contributed by atoms with Crippen molar-refractivity contribution in [1.82, 2.24) is 4.90 Å². The summed E-state index contributed by atoms with van der Waals surface area (Å²) in [6.45, 7) is 3.43. The summed E-state index contributed by atoms with van der Waals surface area (Å²) >= 11 is 0. The predicted molar refractivity (Wildman–Crippen MR) is 86.9 cm³/mol. The molecule has 0 radical (unpaired) electrons. The first kappa shape index (κ1) is 15.5. The molecule has 1 atom stereocenters. The zero-order chi connectivity index (χ0) is 16.2. The van der Waals surface area contributed by atoms with Crippen LogP contribution in [-0.4, -0.2) is 30.6 Å². The van der Waals surface area contributed by atoms with Crippen molar-refractivity contribution < 1.29 is 13.9 Å². The molecule has 2 aromatic carbocycles. The highest BCUT2D eigenvalue weighted by molar-refractivity contribution is 5.89. The van der Waals surface area contributed by atoms with Crippen molar-refractivity contribution in [3.05, 3.63) is 65.5 Å². The first-order valence-corrected chi connectivity index (χ1v) is 7.61. The van der Waals surface area contributed by atoms with Crippen molar-refractivity contribution in [1.29, 1.82) is 0 Å². The third kappa shape index (κ3) is 3.87. The molecule has 0 bridgehead atoms. The van der Waals surface area contributed by atoms with Gasteiger partial charge in [0.2, 0.25) is 0 Å². The van der Waals surface area contributed by atoms with Crippen molar-refractivity contribution in [3.8, 4) is 0 Å². The first-order chi connectivity index (χ1) is 11.1. The SMILES string of the molecule is Cc1cccc(NC(=O)N2CCOC(c3ccc(F)cc3)C2)c1. The van der Waals surface area contributed by atoms with E-state index in [0.29, 0.717) is 19.7 Å². The van der Waals surface area contributed by atoms with Crippen LogP contribution in [0.1, 0.15) is 17.2 Å². The molecular formula is C18H19FN2O2. The number of rotatable bonds is 2. The van der Waals surface area contributed by atoms with Crippen molar-refractivity contribution in [3.63, 3.8) is 0 Å². The van der Waals surface area contributed by atoms with E-state index in [0.717, 1.165) is 16.8 Å². The number of halogens is 1. The van der Waals surface area contributed by atoms with Crippen LogP contribution >= 0.6 is 0 Å². The predicted octanol–water partition coefficient (Wildman–Crippen LogP) is 3.74. The smallest absolute Gasteiger partial charge is 0.322 e. The number of nitrogens with one attached hydrogen (secondary N) is 1. The largest absolute Gasteiger partial charge is 0.370 e. The van der Waals surface area contributed by atoms with Crippen LogP contribution in [0.2, 0.25) is 0 Å². The molecular weight excluding hydrogens is 295 g/mol. The Morgan fingerprint density at radius 3 is 2.78 bits per heavy atom. The molecule has 1 aliphatic rings. The van der Waals surface area contributed by atoms with E-state index in [1.807, 2.05) is 31.2 Å². The Hall–Kier alpha value is -2.40. The Labute approximate surface area is 134 Å². The minimum atomic E-state index is -0.279. The topological polar surface area (TPSA) is 41.6 Å². The molecule has 0 spiro atoms. The number of aryl methyl sites for hydroxylation is 1. The van der Waals surface area contributed by atoms with E-state index in [2.05, 4.69) is 5.32 Å². The van der Waals surface area contributed by atoms with Gasteiger partial charge in [-0.3, -0.25) is 0 Å². The third-order valence-corrected chi connectivity index (χ3v) is 3.86. The molecule has 0 saturated carbocycles. The van der Waals surface area contributed by atoms with Crippen molar-refractivity contribution in [2.45, 2.75) is 13.0 Å². The lowest BCUT2D eigenvalue weighted by Crippen LogP contribution is -2.44. The van der Waals surface area contributed by atoms with E-state index < -0.39 is 0 Å². The molecule has 0 aromatic heterocycles. The Balaban J connectivity index is 1.65. The average Bonchev–Trinajstić information content (AvgIpc) is 2.56. The molecule has 1 saturated heterocycles. The molecule has 1 heterocycles. The van der Waals surface area contributed by atoms with Gasteiger partial charge in [0.05, 0.1) is 13.2 Å². The summed E-state index contributed by atoms with van der Waals surface area (Å²) in [7, 11) is 0. The molecule has 5 heteroatoms. The Morgan fingerprint density at radius 1 is 1.26 bits per heavy atom. The Bertz CT molecular complexity index is 688. The molecule has 0 aliphatic carbocycles. The van der Waals surface area contributed by atoms with Crippen LogP contribution in [0.4, 0.5) is 14.9 Å². The fourth-order valence-corrected chi connectivity index (χ4v) is 2.64. The van der Waals surface area contributed by atoms with Crippen LogP contribution in [0.25, 0.3) is 0 Å². The quantitative estimate of drug-likeness (QED) is 0.917. The van der Waals surface area contributed by atoms with Gasteiger partial charge in [-0.1, -0.05) is 24.3 Å². The van der Waals surface area contributed by atoms with Gasteiger partial charge in [0.1, 0.15) is 11.9 Å². The molecule has 1 aliphatic heterocycles. The number of benzene rings is 2. The van der Waals surface area contributed by atoms with E-state index in [-0.39, 0.29) is 18.0 Å². The standard InChI is InChI=1S/C18H19FN2O2/c1-13-3-2-4-16(11-13)20-18(22)21-9-10-23-17(12-21)14-5-7-15(19)8-6-14/h2-8,11,17H,9-10,12H2,1H3,(H,20,22). The van der Waals surface area contributed by atoms with E-state index in [4.69, 9.17) is 4.74 Å². The summed E-state index contributed by atoms with van der Waals surface area (Å²) in [5, 5.41) is 2.91. The summed E-state index contributed by atoms with van der Waals surface area (Å²) in [4.78, 5) is 14.1. The van der Waals surface area contributed by atoms with Gasteiger partial charge in [0.15, 0.2) is 0 Å². The van der Waals surface area contributed by atoms with Gasteiger partial charge in [-0.15, -0.1) is 0 Å². The maximum absolute atomic E-state index is 13.0. The second-order valence-electron chi connectivity index (χ2n) is 5.66. The molecule has 4 nitrogen and oxygen atoms in total. The molecule has 2 aromatic rings. The molecule has 1 unspecified atom stereocenters. The lowest BCUT2D eigenvalue weighted by molar-refractivity contribution is -0.0135. The number of carbonyl (C=O) groups excluding carboxylic acids is 1. The highest BCUT2D eigenvalue weighted by Crippen LogP contribution is 2.23. The fourth-order valence-electron chi connectivity index (χ4n) is 2.64. The van der Waals surface area contributed by atoms with Gasteiger partial charge in [0, 0.05) is 12.2 Å². The van der Waals surface area contributed by atoms with Crippen molar-refractivity contribution in [2.75, 3.05) is 25.0 Å². The summed E-state index contributed by atoms with van der Waals surface area (Å²) < 4.78 is 18.7. The summed E-state index contributed by atoms with van der Waals surface area (Å²) in [6.07, 6.45) is -0.229. The van der Waals surface area contributed by atoms with Gasteiger partial charge >= 0.3 is 6.03 Å². The summed E-state index contributed by atoms with van der Waals surface area (Å²) in [6, 6.07) is 13.7. The molecule has 2 amide bonds. The number of urea groups is 1.